The second-order valence-corrected chi connectivity index (χ2v) is 23.7. The highest BCUT2D eigenvalue weighted by molar-refractivity contribution is 6.13. The molecule has 0 radical (unpaired) electrons. The van der Waals surface area contributed by atoms with Crippen LogP contribution in [0.2, 0.25) is 0 Å². The summed E-state index contributed by atoms with van der Waals surface area (Å²) in [6.07, 6.45) is 6.64. The molecule has 8 rings (SSSR count). The molecule has 0 spiro atoms. The number of anilines is 2. The number of fused-ring (bicyclic) bond motifs is 4. The van der Waals surface area contributed by atoms with Crippen LogP contribution in [0.1, 0.15) is 125 Å². The molecule has 10 amide bonds. The number of nitrogens with zero attached hydrogens (tertiary/aromatic N) is 5. The van der Waals surface area contributed by atoms with E-state index < -0.39 is 54.2 Å². The lowest BCUT2D eigenvalue weighted by Crippen LogP contribution is -2.54. The van der Waals surface area contributed by atoms with Crippen molar-refractivity contribution in [1.82, 2.24) is 30.7 Å². The number of primary amides is 1. The molecule has 0 saturated carbocycles. The fourth-order valence-electron chi connectivity index (χ4n) is 11.4. The van der Waals surface area contributed by atoms with Gasteiger partial charge in [0.05, 0.1) is 62.0 Å². The van der Waals surface area contributed by atoms with Crippen molar-refractivity contribution in [2.24, 2.45) is 22.1 Å². The van der Waals surface area contributed by atoms with Crippen LogP contribution in [-0.2, 0) is 35.3 Å². The summed E-state index contributed by atoms with van der Waals surface area (Å²) >= 11 is 0. The number of aliphatic hydroxyl groups excluding tert-OH is 1. The van der Waals surface area contributed by atoms with Gasteiger partial charge in [-0.05, 0) is 98.9 Å². The number of rotatable bonds is 28. The summed E-state index contributed by atoms with van der Waals surface area (Å²) in [5.74, 6) is -1.90. The Morgan fingerprint density at radius 3 is 2.10 bits per heavy atom. The van der Waals surface area contributed by atoms with Crippen molar-refractivity contribution < 1.29 is 71.9 Å². The zero-order valence-corrected chi connectivity index (χ0v) is 50.7. The predicted octanol–water partition coefficient (Wildman–Crippen LogP) is 6.03. The van der Waals surface area contributed by atoms with Gasteiger partial charge in [0.2, 0.25) is 17.7 Å². The van der Waals surface area contributed by atoms with Gasteiger partial charge in [0, 0.05) is 68.8 Å². The number of hydrogen-bond donors (Lipinski definition) is 6. The maximum Gasteiger partial charge on any atom is 0.416 e. The number of methoxy groups -OCH3 is 2. The number of nitrogens with two attached hydrogens (primary N) is 1. The van der Waals surface area contributed by atoms with Gasteiger partial charge in [-0.3, -0.25) is 43.5 Å². The number of ether oxygens (including phenoxy) is 5. The third-order valence-corrected chi connectivity index (χ3v) is 16.0. The van der Waals surface area contributed by atoms with E-state index in [1.54, 1.807) is 50.2 Å². The number of unbranched alkanes of at least 4 members (excludes halogenated alkanes) is 4. The van der Waals surface area contributed by atoms with Crippen LogP contribution in [0.15, 0.2) is 77.8 Å². The van der Waals surface area contributed by atoms with Gasteiger partial charge in [0.25, 0.3) is 23.6 Å². The van der Waals surface area contributed by atoms with Crippen LogP contribution in [0, 0.1) is 11.3 Å². The van der Waals surface area contributed by atoms with Gasteiger partial charge in [0.1, 0.15) is 18.7 Å². The zero-order chi connectivity index (χ0) is 63.4. The number of carbonyl (C=O) groups excluding carboxylic acids is 9. The molecular formula is C63H80N10O15. The first-order valence-corrected chi connectivity index (χ1v) is 29.8. The monoisotopic (exact) mass is 1220 g/mol. The number of amides is 10. The number of carbonyl (C=O) groups is 9. The van der Waals surface area contributed by atoms with Crippen LogP contribution in [0.4, 0.5) is 26.7 Å². The Balaban J connectivity index is 0.863. The number of urea groups is 1. The van der Waals surface area contributed by atoms with E-state index >= 15 is 0 Å². The summed E-state index contributed by atoms with van der Waals surface area (Å²) < 4.78 is 29.6. The topological polar surface area (TPSA) is 319 Å². The molecule has 0 aromatic heterocycles. The van der Waals surface area contributed by atoms with Crippen molar-refractivity contribution in [3.63, 3.8) is 0 Å². The number of aliphatic imine (C=N–C) groups is 1. The Bertz CT molecular complexity index is 3200. The van der Waals surface area contributed by atoms with Crippen LogP contribution in [0.5, 0.6) is 23.0 Å². The quantitative estimate of drug-likeness (QED) is 0.0275. The average Bonchev–Trinajstić information content (AvgIpc) is 1.75. The first kappa shape index (κ1) is 65.0. The molecule has 3 aromatic carbocycles. The molecule has 88 heavy (non-hydrogen) atoms. The smallest absolute Gasteiger partial charge is 0.416 e. The summed E-state index contributed by atoms with van der Waals surface area (Å²) in [5, 5.41) is 22.8. The Morgan fingerprint density at radius 1 is 0.795 bits per heavy atom. The van der Waals surface area contributed by atoms with Gasteiger partial charge < -0.3 is 65.6 Å². The van der Waals surface area contributed by atoms with E-state index in [0.717, 1.165) is 16.2 Å². The lowest BCUT2D eigenvalue weighted by Gasteiger charge is -2.31. The molecule has 25 heteroatoms. The molecule has 5 heterocycles. The van der Waals surface area contributed by atoms with E-state index in [9.17, 15) is 48.3 Å². The normalized spacial score (nSPS) is 18.8. The first-order valence-electron chi connectivity index (χ1n) is 29.8. The standard InChI is InChI=1S/C63H80N10O15/c1-37(2)55(69-52(74)16-10-8-11-24-70-53(75)21-22-54(70)76)57(78)68-44(15-14-23-65-61(64)82)56(77)67-40-19-17-39(18-20-40)35-88-62(83)73-46-31-51(49(85-7)29-43(46)59(80)71-34-38(3)27-47(71)60(73)81)87-26-13-9-12-25-86-50-30-45-42(28-48(50)84-6)58(79)72-36-63(4,5)32-41(72)33-66-45/h17-22,28-31,33,37,41,44,47,55,60,81H,3,8-16,23-27,32,34-36H2,1-2,4-7H3,(H,67,77)(H,68,78)(H,69,74)(H3,64,65,82)/t41-,44-,47-,55-,60?/m0/s1. The maximum atomic E-state index is 14.3. The molecule has 7 N–H and O–H groups in total. The molecule has 472 valence electrons. The minimum Gasteiger partial charge on any atom is -0.493 e. The van der Waals surface area contributed by atoms with E-state index in [0.29, 0.717) is 91.3 Å². The summed E-state index contributed by atoms with van der Waals surface area (Å²) in [4.78, 5) is 128. The minimum atomic E-state index is -1.55. The highest BCUT2D eigenvalue weighted by Crippen LogP contribution is 2.44. The van der Waals surface area contributed by atoms with Crippen molar-refractivity contribution in [1.29, 1.82) is 0 Å². The van der Waals surface area contributed by atoms with Crippen molar-refractivity contribution in [3.05, 3.63) is 89.5 Å². The Kier molecular flexibility index (Phi) is 21.5. The Morgan fingerprint density at radius 2 is 1.44 bits per heavy atom. The van der Waals surface area contributed by atoms with Gasteiger partial charge in [-0.1, -0.05) is 58.4 Å². The van der Waals surface area contributed by atoms with Crippen LogP contribution < -0.4 is 50.8 Å². The largest absolute Gasteiger partial charge is 0.493 e. The molecule has 0 bridgehead atoms. The lowest BCUT2D eigenvalue weighted by atomic mass is 9.91. The van der Waals surface area contributed by atoms with Gasteiger partial charge >= 0.3 is 12.1 Å². The van der Waals surface area contributed by atoms with E-state index in [1.807, 2.05) is 11.1 Å². The zero-order valence-electron chi connectivity index (χ0n) is 50.7. The number of imide groups is 1. The molecule has 25 nitrogen and oxygen atoms in total. The summed E-state index contributed by atoms with van der Waals surface area (Å²) in [6, 6.07) is 8.93. The number of aliphatic hydroxyl groups is 1. The van der Waals surface area contributed by atoms with Crippen molar-refractivity contribution >= 4 is 76.8 Å². The predicted molar refractivity (Wildman–Crippen MR) is 324 cm³/mol. The first-order chi connectivity index (χ1) is 42.1. The van der Waals surface area contributed by atoms with Gasteiger partial charge in [-0.15, -0.1) is 0 Å². The molecule has 2 fully saturated rings. The molecule has 5 atom stereocenters. The Labute approximate surface area is 511 Å². The molecule has 0 aliphatic carbocycles. The van der Waals surface area contributed by atoms with E-state index in [4.69, 9.17) is 29.4 Å². The van der Waals surface area contributed by atoms with Gasteiger partial charge in [-0.2, -0.15) is 0 Å². The van der Waals surface area contributed by atoms with Gasteiger partial charge in [0.15, 0.2) is 29.2 Å². The van der Waals surface area contributed by atoms with Crippen LogP contribution in [0.3, 0.4) is 0 Å². The molecule has 1 unspecified atom stereocenters. The van der Waals surface area contributed by atoms with Crippen LogP contribution in [-0.4, -0.2) is 164 Å². The van der Waals surface area contributed by atoms with Crippen molar-refractivity contribution in [3.8, 4) is 23.0 Å². The lowest BCUT2D eigenvalue weighted by molar-refractivity contribution is -0.137. The minimum absolute atomic E-state index is 0.00835. The van der Waals surface area contributed by atoms with Crippen molar-refractivity contribution in [2.75, 3.05) is 63.8 Å². The van der Waals surface area contributed by atoms with Gasteiger partial charge in [-0.25, -0.2) is 14.5 Å². The molecule has 3 aromatic rings. The number of nitrogens with one attached hydrogen (secondary N) is 4. The van der Waals surface area contributed by atoms with Crippen LogP contribution in [0.25, 0.3) is 0 Å². The average molecular weight is 1220 g/mol. The third-order valence-electron chi connectivity index (χ3n) is 16.0. The summed E-state index contributed by atoms with van der Waals surface area (Å²) in [7, 11) is 2.96. The maximum absolute atomic E-state index is 14.3. The molecule has 2 saturated heterocycles. The fourth-order valence-corrected chi connectivity index (χ4v) is 11.4. The highest BCUT2D eigenvalue weighted by atomic mass is 16.6. The Hall–Kier alpha value is -9.00. The second kappa shape index (κ2) is 29.1. The van der Waals surface area contributed by atoms with Crippen LogP contribution >= 0.6 is 0 Å². The fraction of sp³-hybridized carbons (Fsp3) is 0.492. The van der Waals surface area contributed by atoms with E-state index in [-0.39, 0.29) is 122 Å². The third kappa shape index (κ3) is 15.9. The summed E-state index contributed by atoms with van der Waals surface area (Å²) in [6.45, 7) is 13.2. The van der Waals surface area contributed by atoms with Crippen molar-refractivity contribution in [2.45, 2.75) is 135 Å². The molecule has 5 aliphatic rings. The molecule has 5 aliphatic heterocycles. The number of benzene rings is 3. The number of hydrogen-bond acceptors (Lipinski definition) is 16. The highest BCUT2D eigenvalue weighted by Gasteiger charge is 2.47. The molecular weight excluding hydrogens is 1140 g/mol. The van der Waals surface area contributed by atoms with E-state index in [2.05, 4.69) is 46.7 Å². The van der Waals surface area contributed by atoms with E-state index in [1.165, 1.54) is 43.4 Å². The second-order valence-electron chi connectivity index (χ2n) is 23.7. The summed E-state index contributed by atoms with van der Waals surface area (Å²) in [5.41, 5.74) is 7.85. The SMILES string of the molecule is C=C1C[C@H]2C(O)N(C(=O)OCc3ccc(NC(=O)[C@H](CCCNC(N)=O)NC(=O)[C@@H](NC(=O)CCCCCN4C(=O)C=CC4=O)C(C)C)cc3)c3cc(OCCCCCOc4cc5c(cc4OC)C(=O)N4CC(C)(C)C[C@H]4C=N5)c(OC)cc3C(=O)N2C1.